The molecule has 6 nitrogen and oxygen atoms in total. The van der Waals surface area contributed by atoms with Crippen LogP contribution in [0.4, 0.5) is 0 Å². The Hall–Kier alpha value is -1.41. The average Bonchev–Trinajstić information content (AvgIpc) is 2.65. The summed E-state index contributed by atoms with van der Waals surface area (Å²) >= 11 is 4.89. The number of aliphatic carboxylic acids is 1. The average molecular weight is 344 g/mol. The van der Waals surface area contributed by atoms with Crippen LogP contribution in [0.25, 0.3) is 5.69 Å². The minimum atomic E-state index is -1.08. The maximum atomic E-state index is 8.89. The van der Waals surface area contributed by atoms with Gasteiger partial charge in [-0.1, -0.05) is 18.2 Å². The molecule has 1 N–H and O–H groups in total. The molecule has 0 aliphatic rings. The van der Waals surface area contributed by atoms with Crippen LogP contribution < -0.4 is 0 Å². The second-order valence-corrected chi connectivity index (χ2v) is 2.97. The van der Waals surface area contributed by atoms with E-state index in [1.54, 1.807) is 0 Å². The first-order valence-electron chi connectivity index (χ1n) is 4.17. The van der Waals surface area contributed by atoms with Crippen molar-refractivity contribution in [1.82, 2.24) is 20.2 Å². The summed E-state index contributed by atoms with van der Waals surface area (Å²) in [7, 11) is 0. The Morgan fingerprint density at radius 2 is 1.88 bits per heavy atom. The van der Waals surface area contributed by atoms with Crippen LogP contribution in [0.3, 0.4) is 0 Å². The molecule has 0 saturated heterocycles. The van der Waals surface area contributed by atoms with Crippen LogP contribution in [-0.2, 0) is 39.8 Å². The third-order valence-electron chi connectivity index (χ3n) is 1.44. The molecule has 17 heavy (non-hydrogen) atoms. The summed E-state index contributed by atoms with van der Waals surface area (Å²) in [5.41, 5.74) is 0.882. The van der Waals surface area contributed by atoms with Gasteiger partial charge in [0.05, 0.1) is 5.69 Å². The van der Waals surface area contributed by atoms with E-state index in [4.69, 9.17) is 22.5 Å². The first kappa shape index (κ1) is 15.6. The molecule has 1 heterocycles. The van der Waals surface area contributed by atoms with Crippen molar-refractivity contribution in [2.75, 3.05) is 0 Å². The third kappa shape index (κ3) is 5.46. The number of rotatable bonds is 1. The molecular weight excluding hydrogens is 336 g/mol. The van der Waals surface area contributed by atoms with E-state index in [2.05, 4.69) is 22.4 Å². The predicted molar refractivity (Wildman–Crippen MR) is 57.8 cm³/mol. The molecule has 0 amide bonds. The standard InChI is InChI=1S/C7H6N4S.C2H3O2.Ag/c12-7-8-9-10-11(7)6-4-2-1-3-5-6;1-2(3)4;/h1-5H,(H,8,10,12);1H2,(H,3,4);/q;-1;/p-1. The molecule has 95 valence electrons. The number of benzene rings is 1. The van der Waals surface area contributed by atoms with Crippen LogP contribution in [0, 0.1) is 6.92 Å². The van der Waals surface area contributed by atoms with Gasteiger partial charge in [-0.3, -0.25) is 11.7 Å². The molecule has 0 aliphatic carbocycles. The molecule has 0 atom stereocenters. The van der Waals surface area contributed by atoms with Crippen molar-refractivity contribution in [3.05, 3.63) is 37.3 Å². The summed E-state index contributed by atoms with van der Waals surface area (Å²) in [6, 6.07) is 9.53. The van der Waals surface area contributed by atoms with Crippen LogP contribution in [0.1, 0.15) is 0 Å². The number of carbonyl (C=O) groups is 1. The molecule has 1 aromatic heterocycles. The largest absolute Gasteiger partial charge is 0.738 e. The van der Waals surface area contributed by atoms with Gasteiger partial charge in [-0.15, -0.1) is 5.10 Å². The zero-order valence-corrected chi connectivity index (χ0v) is 10.7. The SMILES string of the molecule is [Ag].[CH2-]C(=O)O.[S-]c1nnnn1-c1ccccc1. The van der Waals surface area contributed by atoms with E-state index in [-0.39, 0.29) is 22.4 Å². The number of para-hydroxylation sites is 1. The molecule has 0 fully saturated rings. The Balaban J connectivity index is 0.000000453. The summed E-state index contributed by atoms with van der Waals surface area (Å²) in [5, 5.41) is 18.5. The third-order valence-corrected chi connectivity index (χ3v) is 1.70. The quantitative estimate of drug-likeness (QED) is 0.460. The maximum absolute atomic E-state index is 8.89. The summed E-state index contributed by atoms with van der Waals surface area (Å²) < 4.78 is 1.51. The molecule has 2 rings (SSSR count). The second kappa shape index (κ2) is 7.80. The van der Waals surface area contributed by atoms with E-state index in [0.29, 0.717) is 5.16 Å². The van der Waals surface area contributed by atoms with Gasteiger partial charge < -0.3 is 17.7 Å². The van der Waals surface area contributed by atoms with Crippen molar-refractivity contribution in [3.8, 4) is 5.69 Å². The fourth-order valence-corrected chi connectivity index (χ4v) is 1.09. The zero-order chi connectivity index (χ0) is 12.0. The van der Waals surface area contributed by atoms with Crippen molar-refractivity contribution in [2.45, 2.75) is 5.16 Å². The van der Waals surface area contributed by atoms with E-state index in [1.807, 2.05) is 30.3 Å². The number of nitrogens with zero attached hydrogens (tertiary/aromatic N) is 4. The molecule has 8 heteroatoms. The number of hydrogen-bond donors (Lipinski definition) is 1. The molecule has 0 spiro atoms. The van der Waals surface area contributed by atoms with E-state index < -0.39 is 5.97 Å². The van der Waals surface area contributed by atoms with Gasteiger partial charge in [-0.25, -0.2) is 4.68 Å². The number of aromatic nitrogens is 4. The maximum Gasteiger partial charge on any atom is 0.161 e. The van der Waals surface area contributed by atoms with Crippen LogP contribution >= 0.6 is 0 Å². The number of carboxylic acid groups (broad SMARTS) is 1. The Bertz CT molecular complexity index is 459. The number of carboxylic acids is 1. The number of tetrazole rings is 1. The monoisotopic (exact) mass is 343 g/mol. The normalized spacial score (nSPS) is 8.47. The molecule has 2 aromatic rings. The molecular formula is C9H8AgN4O2S-2. The van der Waals surface area contributed by atoms with Crippen molar-refractivity contribution in [1.29, 1.82) is 0 Å². The van der Waals surface area contributed by atoms with Crippen molar-refractivity contribution in [3.63, 3.8) is 0 Å². The van der Waals surface area contributed by atoms with E-state index in [9.17, 15) is 0 Å². The summed E-state index contributed by atoms with van der Waals surface area (Å²) in [5.74, 6) is -1.08. The van der Waals surface area contributed by atoms with Gasteiger partial charge in [0, 0.05) is 27.5 Å². The first-order chi connectivity index (χ1) is 7.61. The Labute approximate surface area is 119 Å². The Morgan fingerprint density at radius 3 is 2.29 bits per heavy atom. The van der Waals surface area contributed by atoms with Gasteiger partial charge in [-0.2, -0.15) is 0 Å². The van der Waals surface area contributed by atoms with E-state index >= 15 is 0 Å². The van der Waals surface area contributed by atoms with Gasteiger partial charge in [-0.05, 0) is 22.6 Å². The van der Waals surface area contributed by atoms with Crippen LogP contribution in [-0.4, -0.2) is 31.3 Å². The van der Waals surface area contributed by atoms with Crippen LogP contribution in [0.5, 0.6) is 0 Å². The Morgan fingerprint density at radius 1 is 1.35 bits per heavy atom. The summed E-state index contributed by atoms with van der Waals surface area (Å²) in [4.78, 5) is 8.89. The van der Waals surface area contributed by atoms with Crippen LogP contribution in [0.15, 0.2) is 35.5 Å². The van der Waals surface area contributed by atoms with Gasteiger partial charge in [0.15, 0.2) is 5.97 Å². The molecule has 0 saturated carbocycles. The number of hydrogen-bond acceptors (Lipinski definition) is 5. The van der Waals surface area contributed by atoms with Crippen LogP contribution in [0.2, 0.25) is 0 Å². The van der Waals surface area contributed by atoms with E-state index in [0.717, 1.165) is 5.69 Å². The molecule has 0 unspecified atom stereocenters. The fourth-order valence-electron chi connectivity index (χ4n) is 0.910. The molecule has 1 radical (unpaired) electrons. The zero-order valence-electron chi connectivity index (χ0n) is 8.45. The summed E-state index contributed by atoms with van der Waals surface area (Å²) in [6.07, 6.45) is 0. The van der Waals surface area contributed by atoms with Gasteiger partial charge in [0.25, 0.3) is 0 Å². The van der Waals surface area contributed by atoms with Gasteiger partial charge >= 0.3 is 0 Å². The van der Waals surface area contributed by atoms with Gasteiger partial charge in [0.1, 0.15) is 0 Å². The second-order valence-electron chi connectivity index (χ2n) is 2.60. The molecule has 0 aliphatic heterocycles. The van der Waals surface area contributed by atoms with Crippen molar-refractivity contribution in [2.24, 2.45) is 0 Å². The topological polar surface area (TPSA) is 80.9 Å². The minimum Gasteiger partial charge on any atom is -0.738 e. The van der Waals surface area contributed by atoms with Crippen molar-refractivity contribution < 1.29 is 32.3 Å². The predicted octanol–water partition coefficient (Wildman–Crippen LogP) is 0.471. The smallest absolute Gasteiger partial charge is 0.161 e. The fraction of sp³-hybridized carbons (Fsp3) is 0. The van der Waals surface area contributed by atoms with Gasteiger partial charge in [0.2, 0.25) is 0 Å². The summed E-state index contributed by atoms with van der Waals surface area (Å²) in [6.45, 7) is 2.56. The minimum absolute atomic E-state index is 0. The van der Waals surface area contributed by atoms with E-state index in [1.165, 1.54) is 4.68 Å². The molecule has 0 bridgehead atoms. The molecule has 1 aromatic carbocycles. The Kier molecular flexibility index (Phi) is 7.15. The first-order valence-corrected chi connectivity index (χ1v) is 4.58. The van der Waals surface area contributed by atoms with Crippen molar-refractivity contribution >= 4 is 18.6 Å².